The number of ether oxygens (including phenoxy) is 1. The lowest BCUT2D eigenvalue weighted by atomic mass is 9.81. The summed E-state index contributed by atoms with van der Waals surface area (Å²) in [5.41, 5.74) is 0.708. The van der Waals surface area contributed by atoms with Crippen LogP contribution in [0, 0.1) is 12.3 Å². The highest BCUT2D eigenvalue weighted by Crippen LogP contribution is 2.34. The molecule has 0 N–H and O–H groups in total. The molecule has 2 aliphatic rings. The van der Waals surface area contributed by atoms with Gasteiger partial charge in [0.05, 0.1) is 25.2 Å². The molecular formula is C15H24N4O3S. The lowest BCUT2D eigenvalue weighted by molar-refractivity contribution is 0.0352. The first-order valence-corrected chi connectivity index (χ1v) is 9.81. The number of aromatic nitrogens is 2. The standard InChI is InChI=1S/C15H24N4O3S/c1-13-4-5-14(17-16-13)18-8-9-22-12-15(10-18)6-3-7-19(11-15)23(2,20)21/h4-5H,3,6-12H2,1-2H3. The van der Waals surface area contributed by atoms with Gasteiger partial charge in [-0.25, -0.2) is 12.7 Å². The maximum atomic E-state index is 11.9. The fraction of sp³-hybridized carbons (Fsp3) is 0.733. The van der Waals surface area contributed by atoms with E-state index in [0.29, 0.717) is 26.3 Å². The van der Waals surface area contributed by atoms with Gasteiger partial charge in [0.1, 0.15) is 0 Å². The first kappa shape index (κ1) is 16.6. The van der Waals surface area contributed by atoms with Crippen molar-refractivity contribution < 1.29 is 13.2 Å². The number of hydrogen-bond acceptors (Lipinski definition) is 6. The molecule has 1 atom stereocenters. The first-order chi connectivity index (χ1) is 10.9. The Kier molecular flexibility index (Phi) is 4.57. The number of piperidine rings is 1. The van der Waals surface area contributed by atoms with Crippen LogP contribution in [0.25, 0.3) is 0 Å². The average molecular weight is 340 g/mol. The van der Waals surface area contributed by atoms with Crippen molar-refractivity contribution in [2.45, 2.75) is 19.8 Å². The van der Waals surface area contributed by atoms with E-state index in [-0.39, 0.29) is 5.41 Å². The zero-order valence-corrected chi connectivity index (χ0v) is 14.5. The lowest BCUT2D eigenvalue weighted by Gasteiger charge is -2.42. The van der Waals surface area contributed by atoms with Gasteiger partial charge in [-0.1, -0.05) is 0 Å². The van der Waals surface area contributed by atoms with Crippen LogP contribution in [0.1, 0.15) is 18.5 Å². The van der Waals surface area contributed by atoms with Crippen molar-refractivity contribution in [2.24, 2.45) is 5.41 Å². The second-order valence-corrected chi connectivity index (χ2v) is 8.69. The third-order valence-electron chi connectivity index (χ3n) is 4.64. The summed E-state index contributed by atoms with van der Waals surface area (Å²) < 4.78 is 31.3. The molecule has 0 bridgehead atoms. The second kappa shape index (κ2) is 6.33. The molecule has 0 aliphatic carbocycles. The molecule has 0 amide bonds. The Hall–Kier alpha value is -1.25. The Morgan fingerprint density at radius 1 is 1.22 bits per heavy atom. The van der Waals surface area contributed by atoms with Crippen LogP contribution in [0.15, 0.2) is 12.1 Å². The van der Waals surface area contributed by atoms with Crippen LogP contribution in [0.2, 0.25) is 0 Å². The first-order valence-electron chi connectivity index (χ1n) is 7.96. The fourth-order valence-electron chi connectivity index (χ4n) is 3.44. The number of hydrogen-bond donors (Lipinski definition) is 0. The van der Waals surface area contributed by atoms with E-state index in [1.807, 2.05) is 19.1 Å². The molecule has 1 unspecified atom stereocenters. The third kappa shape index (κ3) is 3.81. The van der Waals surface area contributed by atoms with Gasteiger partial charge in [-0.2, -0.15) is 5.10 Å². The Labute approximate surface area is 137 Å². The van der Waals surface area contributed by atoms with Gasteiger partial charge >= 0.3 is 0 Å². The molecule has 2 fully saturated rings. The van der Waals surface area contributed by atoms with Crippen molar-refractivity contribution in [1.29, 1.82) is 0 Å². The predicted molar refractivity (Wildman–Crippen MR) is 87.9 cm³/mol. The average Bonchev–Trinajstić information content (AvgIpc) is 2.70. The number of aryl methyl sites for hydroxylation is 1. The van der Waals surface area contributed by atoms with Gasteiger partial charge in [-0.3, -0.25) is 0 Å². The van der Waals surface area contributed by atoms with Crippen molar-refractivity contribution in [2.75, 3.05) is 50.5 Å². The minimum absolute atomic E-state index is 0.176. The summed E-state index contributed by atoms with van der Waals surface area (Å²) in [6.07, 6.45) is 3.12. The molecule has 0 aromatic carbocycles. The molecular weight excluding hydrogens is 316 g/mol. The topological polar surface area (TPSA) is 75.6 Å². The van der Waals surface area contributed by atoms with Gasteiger partial charge in [0.25, 0.3) is 0 Å². The Morgan fingerprint density at radius 3 is 2.74 bits per heavy atom. The van der Waals surface area contributed by atoms with Gasteiger partial charge < -0.3 is 9.64 Å². The molecule has 1 aromatic rings. The van der Waals surface area contributed by atoms with E-state index < -0.39 is 10.0 Å². The van der Waals surface area contributed by atoms with Crippen LogP contribution in [0.3, 0.4) is 0 Å². The smallest absolute Gasteiger partial charge is 0.211 e. The lowest BCUT2D eigenvalue weighted by Crippen LogP contribution is -2.52. The predicted octanol–water partition coefficient (Wildman–Crippen LogP) is 0.663. The second-order valence-electron chi connectivity index (χ2n) is 6.71. The molecule has 3 rings (SSSR count). The van der Waals surface area contributed by atoms with E-state index in [2.05, 4.69) is 15.1 Å². The number of anilines is 1. The molecule has 2 saturated heterocycles. The number of rotatable bonds is 2. The number of sulfonamides is 1. The summed E-state index contributed by atoms with van der Waals surface area (Å²) in [6.45, 7) is 5.74. The van der Waals surface area contributed by atoms with Crippen LogP contribution in [0.4, 0.5) is 5.82 Å². The Morgan fingerprint density at radius 2 is 2.04 bits per heavy atom. The maximum Gasteiger partial charge on any atom is 0.211 e. The highest BCUT2D eigenvalue weighted by Gasteiger charge is 2.41. The maximum absolute atomic E-state index is 11.9. The molecule has 2 aliphatic heterocycles. The summed E-state index contributed by atoms with van der Waals surface area (Å²) in [5, 5.41) is 8.41. The van der Waals surface area contributed by atoms with E-state index in [1.54, 1.807) is 4.31 Å². The van der Waals surface area contributed by atoms with Crippen LogP contribution < -0.4 is 4.90 Å². The van der Waals surface area contributed by atoms with Gasteiger partial charge in [-0.05, 0) is 31.9 Å². The van der Waals surface area contributed by atoms with Crippen molar-refractivity contribution in [3.05, 3.63) is 17.8 Å². The van der Waals surface area contributed by atoms with Gasteiger partial charge in [-0.15, -0.1) is 5.10 Å². The van der Waals surface area contributed by atoms with E-state index >= 15 is 0 Å². The fourth-order valence-corrected chi connectivity index (χ4v) is 4.41. The summed E-state index contributed by atoms with van der Waals surface area (Å²) in [5.74, 6) is 0.831. The Balaban J connectivity index is 1.82. The normalized spacial score (nSPS) is 27.1. The monoisotopic (exact) mass is 340 g/mol. The quantitative estimate of drug-likeness (QED) is 0.787. The van der Waals surface area contributed by atoms with E-state index in [0.717, 1.165) is 37.4 Å². The zero-order chi connectivity index (χ0) is 16.5. The minimum Gasteiger partial charge on any atom is -0.379 e. The molecule has 23 heavy (non-hydrogen) atoms. The van der Waals surface area contributed by atoms with Crippen molar-refractivity contribution in [3.8, 4) is 0 Å². The van der Waals surface area contributed by atoms with Crippen molar-refractivity contribution >= 4 is 15.8 Å². The van der Waals surface area contributed by atoms with E-state index in [4.69, 9.17) is 4.74 Å². The van der Waals surface area contributed by atoms with Crippen LogP contribution in [0.5, 0.6) is 0 Å². The highest BCUT2D eigenvalue weighted by molar-refractivity contribution is 7.88. The molecule has 1 aromatic heterocycles. The molecule has 7 nitrogen and oxygen atoms in total. The summed E-state index contributed by atoms with van der Waals surface area (Å²) in [4.78, 5) is 2.17. The minimum atomic E-state index is -3.17. The van der Waals surface area contributed by atoms with E-state index in [1.165, 1.54) is 6.26 Å². The Bertz CT molecular complexity index is 649. The molecule has 128 valence electrons. The van der Waals surface area contributed by atoms with E-state index in [9.17, 15) is 8.42 Å². The van der Waals surface area contributed by atoms with Gasteiger partial charge in [0, 0.05) is 31.6 Å². The SMILES string of the molecule is Cc1ccc(N2CCOCC3(CCCN(S(C)(=O)=O)C3)C2)nn1. The largest absolute Gasteiger partial charge is 0.379 e. The molecule has 8 heteroatoms. The third-order valence-corrected chi connectivity index (χ3v) is 5.89. The number of nitrogens with zero attached hydrogens (tertiary/aromatic N) is 4. The molecule has 0 radical (unpaired) electrons. The van der Waals surface area contributed by atoms with Gasteiger partial charge in [0.15, 0.2) is 5.82 Å². The van der Waals surface area contributed by atoms with Crippen LogP contribution in [-0.2, 0) is 14.8 Å². The zero-order valence-electron chi connectivity index (χ0n) is 13.7. The van der Waals surface area contributed by atoms with Crippen LogP contribution in [-0.4, -0.2) is 68.6 Å². The summed E-state index contributed by atoms with van der Waals surface area (Å²) in [6, 6.07) is 3.92. The van der Waals surface area contributed by atoms with Crippen molar-refractivity contribution in [3.63, 3.8) is 0 Å². The molecule has 3 heterocycles. The van der Waals surface area contributed by atoms with Gasteiger partial charge in [0.2, 0.25) is 10.0 Å². The van der Waals surface area contributed by atoms with Crippen molar-refractivity contribution in [1.82, 2.24) is 14.5 Å². The molecule has 1 spiro atoms. The van der Waals surface area contributed by atoms with Crippen LogP contribution >= 0.6 is 0 Å². The summed E-state index contributed by atoms with van der Waals surface area (Å²) >= 11 is 0. The summed E-state index contributed by atoms with van der Waals surface area (Å²) in [7, 11) is -3.17. The molecule has 0 saturated carbocycles. The highest BCUT2D eigenvalue weighted by atomic mass is 32.2.